The van der Waals surface area contributed by atoms with Crippen LogP contribution in [-0.2, 0) is 4.74 Å². The number of carbonyl (C=O) groups is 1. The number of ether oxygens (including phenoxy) is 1. The van der Waals surface area contributed by atoms with E-state index in [1.54, 1.807) is 6.92 Å². The molecule has 0 spiro atoms. The predicted octanol–water partition coefficient (Wildman–Crippen LogP) is 0.532. The van der Waals surface area contributed by atoms with Crippen molar-refractivity contribution in [3.63, 3.8) is 0 Å². The van der Waals surface area contributed by atoms with Crippen LogP contribution in [0.4, 0.5) is 5.82 Å². The van der Waals surface area contributed by atoms with Crippen molar-refractivity contribution in [2.45, 2.75) is 16.4 Å². The number of aromatic nitrogens is 4. The molecule has 0 saturated heterocycles. The molecule has 0 fully saturated rings. The Morgan fingerprint density at radius 2 is 2.37 bits per heavy atom. The monoisotopic (exact) mass is 299 g/mol. The van der Waals surface area contributed by atoms with Gasteiger partial charge in [0.25, 0.3) is 5.56 Å². The number of rotatable bonds is 4. The summed E-state index contributed by atoms with van der Waals surface area (Å²) in [6.45, 7) is 1.97. The molecule has 0 aromatic carbocycles. The van der Waals surface area contributed by atoms with Gasteiger partial charge in [-0.05, 0) is 18.7 Å². The molecule has 0 amide bonds. The Labute approximate surface area is 115 Å². The van der Waals surface area contributed by atoms with E-state index in [0.29, 0.717) is 4.34 Å². The van der Waals surface area contributed by atoms with Gasteiger partial charge in [0, 0.05) is 6.07 Å². The molecule has 0 radical (unpaired) electrons. The van der Waals surface area contributed by atoms with Gasteiger partial charge in [-0.2, -0.15) is 0 Å². The molecular weight excluding hydrogens is 290 g/mol. The number of hydrogen-bond acceptors (Lipinski definition) is 9. The lowest BCUT2D eigenvalue weighted by Crippen LogP contribution is -2.09. The maximum atomic E-state index is 11.4. The first-order valence-electron chi connectivity index (χ1n) is 5.14. The Balaban J connectivity index is 2.15. The molecule has 0 atom stereocenters. The number of anilines is 1. The van der Waals surface area contributed by atoms with Crippen LogP contribution in [0.2, 0.25) is 0 Å². The Kier molecular flexibility index (Phi) is 4.12. The Hall–Kier alpha value is -1.94. The van der Waals surface area contributed by atoms with Gasteiger partial charge in [-0.3, -0.25) is 4.79 Å². The molecule has 2 heterocycles. The van der Waals surface area contributed by atoms with Crippen LogP contribution in [0.25, 0.3) is 0 Å². The molecule has 100 valence electrons. The van der Waals surface area contributed by atoms with Gasteiger partial charge in [0.2, 0.25) is 5.01 Å². The number of hydrogen-bond donors (Lipinski definition) is 2. The fourth-order valence-corrected chi connectivity index (χ4v) is 2.77. The summed E-state index contributed by atoms with van der Waals surface area (Å²) in [7, 11) is 0. The van der Waals surface area contributed by atoms with E-state index in [9.17, 15) is 9.59 Å². The van der Waals surface area contributed by atoms with Crippen LogP contribution in [-0.4, -0.2) is 32.7 Å². The number of aromatic amines is 1. The average molecular weight is 299 g/mol. The number of nitrogens with zero attached hydrogens (tertiary/aromatic N) is 3. The zero-order valence-electron chi connectivity index (χ0n) is 9.74. The molecule has 0 aliphatic carbocycles. The van der Waals surface area contributed by atoms with Gasteiger partial charge >= 0.3 is 5.97 Å². The molecule has 8 nitrogen and oxygen atoms in total. The zero-order chi connectivity index (χ0) is 13.8. The summed E-state index contributed by atoms with van der Waals surface area (Å²) in [5.41, 5.74) is 5.10. The highest BCUT2D eigenvalue weighted by Crippen LogP contribution is 2.27. The minimum Gasteiger partial charge on any atom is -0.461 e. The van der Waals surface area contributed by atoms with Gasteiger partial charge < -0.3 is 15.5 Å². The summed E-state index contributed by atoms with van der Waals surface area (Å²) < 4.78 is 5.25. The molecular formula is C9H9N5O3S2. The molecule has 19 heavy (non-hydrogen) atoms. The largest absolute Gasteiger partial charge is 0.461 e. The van der Waals surface area contributed by atoms with E-state index < -0.39 is 5.97 Å². The fourth-order valence-electron chi connectivity index (χ4n) is 1.11. The maximum absolute atomic E-state index is 11.4. The molecule has 0 aliphatic heterocycles. The third-order valence-corrected chi connectivity index (χ3v) is 3.62. The molecule has 0 saturated carbocycles. The van der Waals surface area contributed by atoms with Crippen molar-refractivity contribution in [1.29, 1.82) is 0 Å². The highest BCUT2D eigenvalue weighted by molar-refractivity contribution is 8.00. The van der Waals surface area contributed by atoms with E-state index in [1.165, 1.54) is 6.07 Å². The van der Waals surface area contributed by atoms with Crippen LogP contribution in [0.1, 0.15) is 16.7 Å². The molecule has 0 unspecified atom stereocenters. The molecule has 10 heteroatoms. The number of nitrogens with one attached hydrogen (secondary N) is 1. The second-order valence-corrected chi connectivity index (χ2v) is 5.38. The van der Waals surface area contributed by atoms with Crippen molar-refractivity contribution < 1.29 is 9.53 Å². The Morgan fingerprint density at radius 1 is 1.58 bits per heavy atom. The summed E-state index contributed by atoms with van der Waals surface area (Å²) in [4.78, 5) is 29.0. The lowest BCUT2D eigenvalue weighted by atomic mass is 10.6. The maximum Gasteiger partial charge on any atom is 0.369 e. The average Bonchev–Trinajstić information content (AvgIpc) is 2.76. The summed E-state index contributed by atoms with van der Waals surface area (Å²) in [6.07, 6.45) is 0. The minimum absolute atomic E-state index is 0.112. The highest BCUT2D eigenvalue weighted by Gasteiger charge is 2.15. The summed E-state index contributed by atoms with van der Waals surface area (Å²) >= 11 is 2.11. The number of nitrogen functional groups attached to an aromatic ring is 1. The number of carbonyl (C=O) groups excluding carboxylic acids is 1. The van der Waals surface area contributed by atoms with Crippen molar-refractivity contribution in [1.82, 2.24) is 20.2 Å². The predicted molar refractivity (Wildman–Crippen MR) is 69.3 cm³/mol. The Bertz CT molecular complexity index is 653. The van der Waals surface area contributed by atoms with Crippen molar-refractivity contribution in [3.05, 3.63) is 21.4 Å². The molecule has 2 rings (SSSR count). The Morgan fingerprint density at radius 3 is 3.05 bits per heavy atom. The van der Waals surface area contributed by atoms with Crippen molar-refractivity contribution in [2.24, 2.45) is 0 Å². The minimum atomic E-state index is -0.527. The van der Waals surface area contributed by atoms with Gasteiger partial charge in [-0.1, -0.05) is 11.3 Å². The van der Waals surface area contributed by atoms with Crippen LogP contribution in [0.3, 0.4) is 0 Å². The van der Waals surface area contributed by atoms with Crippen LogP contribution in [0.15, 0.2) is 20.4 Å². The lowest BCUT2D eigenvalue weighted by Gasteiger charge is -1.97. The van der Waals surface area contributed by atoms with E-state index in [-0.39, 0.29) is 28.1 Å². The summed E-state index contributed by atoms with van der Waals surface area (Å²) in [6, 6.07) is 1.17. The third-order valence-electron chi connectivity index (χ3n) is 1.78. The first-order valence-corrected chi connectivity index (χ1v) is 6.77. The number of esters is 1. The zero-order valence-corrected chi connectivity index (χ0v) is 11.4. The topological polar surface area (TPSA) is 124 Å². The SMILES string of the molecule is CCOC(=O)c1nnc(Sc2nc(N)cc(=O)[nH]2)s1. The van der Waals surface area contributed by atoms with Gasteiger partial charge in [0.1, 0.15) is 5.82 Å². The van der Waals surface area contributed by atoms with Crippen LogP contribution in [0.5, 0.6) is 0 Å². The second-order valence-electron chi connectivity index (χ2n) is 3.17. The highest BCUT2D eigenvalue weighted by atomic mass is 32.2. The molecule has 0 bridgehead atoms. The van der Waals surface area contributed by atoms with E-state index in [4.69, 9.17) is 10.5 Å². The van der Waals surface area contributed by atoms with Crippen LogP contribution in [0, 0.1) is 0 Å². The van der Waals surface area contributed by atoms with E-state index >= 15 is 0 Å². The molecule has 3 N–H and O–H groups in total. The quantitative estimate of drug-likeness (QED) is 0.619. The summed E-state index contributed by atoms with van der Waals surface area (Å²) in [5, 5.41) is 7.94. The number of H-pyrrole nitrogens is 1. The normalized spacial score (nSPS) is 10.4. The van der Waals surface area contributed by atoms with E-state index in [2.05, 4.69) is 20.2 Å². The first-order chi connectivity index (χ1) is 9.08. The van der Waals surface area contributed by atoms with Crippen molar-refractivity contribution >= 4 is 34.9 Å². The fraction of sp³-hybridized carbons (Fsp3) is 0.222. The van der Waals surface area contributed by atoms with Gasteiger partial charge in [-0.15, -0.1) is 10.2 Å². The van der Waals surface area contributed by atoms with Gasteiger partial charge in [-0.25, -0.2) is 9.78 Å². The molecule has 0 aliphatic rings. The van der Waals surface area contributed by atoms with Crippen molar-refractivity contribution in [2.75, 3.05) is 12.3 Å². The van der Waals surface area contributed by atoms with Crippen LogP contribution < -0.4 is 11.3 Å². The third kappa shape index (κ3) is 3.51. The smallest absolute Gasteiger partial charge is 0.369 e. The lowest BCUT2D eigenvalue weighted by molar-refractivity contribution is 0.0525. The second kappa shape index (κ2) is 5.80. The van der Waals surface area contributed by atoms with Gasteiger partial charge in [0.05, 0.1) is 6.61 Å². The molecule has 2 aromatic rings. The molecule has 2 aromatic heterocycles. The number of nitrogens with two attached hydrogens (primary N) is 1. The van der Waals surface area contributed by atoms with Crippen LogP contribution >= 0.6 is 23.1 Å². The standard InChI is InChI=1S/C9H9N5O3S2/c1-2-17-7(16)6-13-14-9(18-6)19-8-11-4(10)3-5(15)12-8/h3H,2H2,1H3,(H3,10,11,12,15). The first kappa shape index (κ1) is 13.5. The summed E-state index contributed by atoms with van der Waals surface area (Å²) in [5.74, 6) is -0.415. The van der Waals surface area contributed by atoms with E-state index in [0.717, 1.165) is 23.1 Å². The van der Waals surface area contributed by atoms with Gasteiger partial charge in [0.15, 0.2) is 9.50 Å². The van der Waals surface area contributed by atoms with E-state index in [1.807, 2.05) is 0 Å². The van der Waals surface area contributed by atoms with Crippen molar-refractivity contribution in [3.8, 4) is 0 Å².